The molecule has 1 unspecified atom stereocenters. The third-order valence-electron chi connectivity index (χ3n) is 5.74. The number of aromatic amines is 1. The first-order valence-electron chi connectivity index (χ1n) is 10.3. The summed E-state index contributed by atoms with van der Waals surface area (Å²) in [6, 6.07) is 17.7. The van der Waals surface area contributed by atoms with E-state index >= 15 is 0 Å². The number of pyridine rings is 1. The fourth-order valence-electron chi connectivity index (χ4n) is 4.42. The summed E-state index contributed by atoms with van der Waals surface area (Å²) in [7, 11) is 0. The van der Waals surface area contributed by atoms with Gasteiger partial charge in [-0.25, -0.2) is 0 Å². The molecule has 0 aliphatic carbocycles. The Morgan fingerprint density at radius 2 is 1.72 bits per heavy atom. The number of para-hydroxylation sites is 1. The summed E-state index contributed by atoms with van der Waals surface area (Å²) < 4.78 is 0. The lowest BCUT2D eigenvalue weighted by atomic mass is 9.97. The average Bonchev–Trinajstić information content (AvgIpc) is 3.33. The highest BCUT2D eigenvalue weighted by molar-refractivity contribution is 6.51. The van der Waals surface area contributed by atoms with E-state index in [9.17, 15) is 14.7 Å². The van der Waals surface area contributed by atoms with E-state index in [2.05, 4.69) is 9.97 Å². The molecular formula is C26H21N3O3. The molecule has 2 aromatic heterocycles. The number of aliphatic hydroxyl groups excluding tert-OH is 1. The van der Waals surface area contributed by atoms with Crippen LogP contribution in [0.25, 0.3) is 16.7 Å². The normalized spacial score (nSPS) is 17.9. The van der Waals surface area contributed by atoms with Crippen molar-refractivity contribution in [1.82, 2.24) is 9.97 Å². The van der Waals surface area contributed by atoms with Crippen molar-refractivity contribution in [3.05, 3.63) is 101 Å². The molecule has 1 aliphatic heterocycles. The number of aromatic nitrogens is 2. The molecule has 0 radical (unpaired) electrons. The molecular weight excluding hydrogens is 402 g/mol. The van der Waals surface area contributed by atoms with E-state index in [0.29, 0.717) is 16.9 Å². The second-order valence-electron chi connectivity index (χ2n) is 8.02. The molecule has 1 fully saturated rings. The van der Waals surface area contributed by atoms with Gasteiger partial charge in [0.1, 0.15) is 11.8 Å². The molecule has 4 aromatic rings. The smallest absolute Gasteiger partial charge is 0.300 e. The minimum absolute atomic E-state index is 0.0256. The largest absolute Gasteiger partial charge is 0.507 e. The maximum Gasteiger partial charge on any atom is 0.300 e. The Kier molecular flexibility index (Phi) is 4.63. The van der Waals surface area contributed by atoms with Gasteiger partial charge in [0.2, 0.25) is 0 Å². The van der Waals surface area contributed by atoms with Crippen molar-refractivity contribution < 1.29 is 14.7 Å². The molecule has 3 heterocycles. The van der Waals surface area contributed by atoms with Crippen LogP contribution in [-0.2, 0) is 9.59 Å². The lowest BCUT2D eigenvalue weighted by Crippen LogP contribution is -2.30. The Hall–Kier alpha value is -4.19. The van der Waals surface area contributed by atoms with Crippen LogP contribution in [0.4, 0.5) is 5.69 Å². The molecule has 0 saturated carbocycles. The quantitative estimate of drug-likeness (QED) is 0.281. The van der Waals surface area contributed by atoms with Gasteiger partial charge >= 0.3 is 0 Å². The summed E-state index contributed by atoms with van der Waals surface area (Å²) >= 11 is 0. The van der Waals surface area contributed by atoms with Crippen LogP contribution in [0, 0.1) is 13.8 Å². The van der Waals surface area contributed by atoms with Gasteiger partial charge in [0.05, 0.1) is 11.3 Å². The van der Waals surface area contributed by atoms with E-state index in [4.69, 9.17) is 0 Å². The first kappa shape index (κ1) is 19.8. The topological polar surface area (TPSA) is 86.3 Å². The molecule has 0 spiro atoms. The number of aryl methyl sites for hydroxylation is 2. The lowest BCUT2D eigenvalue weighted by Gasteiger charge is -2.25. The number of anilines is 1. The maximum absolute atomic E-state index is 13.3. The third-order valence-corrected chi connectivity index (χ3v) is 5.74. The second-order valence-corrected chi connectivity index (χ2v) is 8.02. The van der Waals surface area contributed by atoms with Gasteiger partial charge in [-0.15, -0.1) is 0 Å². The molecule has 2 N–H and O–H groups in total. The zero-order chi connectivity index (χ0) is 22.4. The van der Waals surface area contributed by atoms with Crippen molar-refractivity contribution in [3.8, 4) is 0 Å². The Morgan fingerprint density at radius 1 is 1.00 bits per heavy atom. The third kappa shape index (κ3) is 3.08. The van der Waals surface area contributed by atoms with Gasteiger partial charge in [-0.3, -0.25) is 19.5 Å². The van der Waals surface area contributed by atoms with Crippen molar-refractivity contribution in [1.29, 1.82) is 0 Å². The SMILES string of the molecule is Cc1cc(C)cc(N2C(=O)C(=O)/C(=C(\O)c3c[nH]c4ccccc34)C2c2ccccn2)c1. The first-order chi connectivity index (χ1) is 15.5. The molecule has 0 bridgehead atoms. The number of amides is 1. The average molecular weight is 423 g/mol. The van der Waals surface area contributed by atoms with Gasteiger partial charge in [-0.05, 0) is 55.3 Å². The first-order valence-corrected chi connectivity index (χ1v) is 10.3. The summed E-state index contributed by atoms with van der Waals surface area (Å²) in [5, 5.41) is 12.1. The highest BCUT2D eigenvalue weighted by Gasteiger charge is 2.47. The van der Waals surface area contributed by atoms with Gasteiger partial charge in [-0.1, -0.05) is 30.3 Å². The predicted octanol–water partition coefficient (Wildman–Crippen LogP) is 4.81. The number of nitrogens with zero attached hydrogens (tertiary/aromatic N) is 2. The molecule has 5 rings (SSSR count). The van der Waals surface area contributed by atoms with E-state index in [-0.39, 0.29) is 11.3 Å². The van der Waals surface area contributed by atoms with E-state index in [1.54, 1.807) is 30.6 Å². The number of hydrogen-bond acceptors (Lipinski definition) is 4. The Morgan fingerprint density at radius 3 is 2.44 bits per heavy atom. The van der Waals surface area contributed by atoms with Crippen LogP contribution in [0.1, 0.15) is 28.4 Å². The number of Topliss-reactive ketones (excluding diaryl/α,β-unsaturated/α-hetero) is 1. The number of benzene rings is 2. The van der Waals surface area contributed by atoms with E-state index in [1.165, 1.54) is 4.90 Å². The van der Waals surface area contributed by atoms with Crippen LogP contribution in [-0.4, -0.2) is 26.8 Å². The van der Waals surface area contributed by atoms with Crippen LogP contribution >= 0.6 is 0 Å². The van der Waals surface area contributed by atoms with E-state index in [1.807, 2.05) is 56.3 Å². The Labute approximate surface area is 184 Å². The fraction of sp³-hybridized carbons (Fsp3) is 0.115. The van der Waals surface area contributed by atoms with Gasteiger partial charge < -0.3 is 10.1 Å². The summed E-state index contributed by atoms with van der Waals surface area (Å²) in [6.45, 7) is 3.88. The minimum Gasteiger partial charge on any atom is -0.507 e. The van der Waals surface area contributed by atoms with E-state index < -0.39 is 17.7 Å². The molecule has 1 atom stereocenters. The van der Waals surface area contributed by atoms with Gasteiger partial charge in [0.25, 0.3) is 11.7 Å². The highest BCUT2D eigenvalue weighted by Crippen LogP contribution is 2.42. The number of aliphatic hydroxyl groups is 1. The number of fused-ring (bicyclic) bond motifs is 1. The Balaban J connectivity index is 1.77. The standard InChI is InChI=1S/C26H21N3O3/c1-15-11-16(2)13-17(12-15)29-23(21-9-5-6-10-27-21)22(25(31)26(29)32)24(30)19-14-28-20-8-4-3-7-18(19)20/h3-14,23,28,30H,1-2H3/b24-22-. The Bertz CT molecular complexity index is 1380. The number of rotatable bonds is 3. The number of ketones is 1. The number of carbonyl (C=O) groups is 2. The number of nitrogens with one attached hydrogen (secondary N) is 1. The van der Waals surface area contributed by atoms with Gasteiger partial charge in [0, 0.05) is 34.5 Å². The zero-order valence-corrected chi connectivity index (χ0v) is 17.7. The molecule has 1 saturated heterocycles. The maximum atomic E-state index is 13.3. The van der Waals surface area contributed by atoms with E-state index in [0.717, 1.165) is 22.0 Å². The zero-order valence-electron chi connectivity index (χ0n) is 17.7. The second kappa shape index (κ2) is 7.50. The van der Waals surface area contributed by atoms with Crippen molar-refractivity contribution in [2.45, 2.75) is 19.9 Å². The van der Waals surface area contributed by atoms with Gasteiger partial charge in [-0.2, -0.15) is 0 Å². The van der Waals surface area contributed by atoms with Crippen LogP contribution in [0.3, 0.4) is 0 Å². The van der Waals surface area contributed by atoms with Crippen molar-refractivity contribution in [3.63, 3.8) is 0 Å². The lowest BCUT2D eigenvalue weighted by molar-refractivity contribution is -0.132. The fourth-order valence-corrected chi connectivity index (χ4v) is 4.42. The van der Waals surface area contributed by atoms with Crippen LogP contribution < -0.4 is 4.90 Å². The minimum atomic E-state index is -0.842. The molecule has 158 valence electrons. The molecule has 1 amide bonds. The molecule has 2 aromatic carbocycles. The molecule has 6 nitrogen and oxygen atoms in total. The highest BCUT2D eigenvalue weighted by atomic mass is 16.3. The number of H-pyrrole nitrogens is 1. The monoisotopic (exact) mass is 423 g/mol. The summed E-state index contributed by atoms with van der Waals surface area (Å²) in [5.74, 6) is -1.64. The molecule has 6 heteroatoms. The summed E-state index contributed by atoms with van der Waals surface area (Å²) in [6.07, 6.45) is 3.27. The van der Waals surface area contributed by atoms with Crippen LogP contribution in [0.5, 0.6) is 0 Å². The van der Waals surface area contributed by atoms with Crippen LogP contribution in [0.15, 0.2) is 78.6 Å². The van der Waals surface area contributed by atoms with Crippen molar-refractivity contribution >= 4 is 34.0 Å². The summed E-state index contributed by atoms with van der Waals surface area (Å²) in [5.41, 5.74) is 4.37. The van der Waals surface area contributed by atoms with Crippen LogP contribution in [0.2, 0.25) is 0 Å². The molecule has 1 aliphatic rings. The number of hydrogen-bond donors (Lipinski definition) is 2. The predicted molar refractivity (Wildman–Crippen MR) is 123 cm³/mol. The number of carbonyl (C=O) groups excluding carboxylic acids is 2. The summed E-state index contributed by atoms with van der Waals surface area (Å²) in [4.78, 5) is 35.5. The molecule has 32 heavy (non-hydrogen) atoms. The van der Waals surface area contributed by atoms with Crippen molar-refractivity contribution in [2.75, 3.05) is 4.90 Å². The van der Waals surface area contributed by atoms with Crippen molar-refractivity contribution in [2.24, 2.45) is 0 Å². The van der Waals surface area contributed by atoms with Gasteiger partial charge in [0.15, 0.2) is 0 Å².